The number of hydrogen-bond acceptors (Lipinski definition) is 4. The molecule has 3 aromatic rings. The van der Waals surface area contributed by atoms with Gasteiger partial charge in [0.15, 0.2) is 6.61 Å². The molecule has 2 N–H and O–H groups in total. The molecule has 1 aromatic heterocycles. The van der Waals surface area contributed by atoms with Crippen LogP contribution in [0.15, 0.2) is 67.0 Å². The fourth-order valence-electron chi connectivity index (χ4n) is 2.72. The molecule has 0 spiro atoms. The molecule has 3 rings (SSSR count). The summed E-state index contributed by atoms with van der Waals surface area (Å²) in [6, 6.07) is 16.5. The van der Waals surface area contributed by atoms with Gasteiger partial charge in [-0.3, -0.25) is 14.3 Å². The molecule has 28 heavy (non-hydrogen) atoms. The second-order valence-corrected chi connectivity index (χ2v) is 6.24. The van der Waals surface area contributed by atoms with Crippen molar-refractivity contribution in [3.8, 4) is 5.75 Å². The van der Waals surface area contributed by atoms with Crippen LogP contribution in [0.25, 0.3) is 0 Å². The lowest BCUT2D eigenvalue weighted by molar-refractivity contribution is -0.137. The van der Waals surface area contributed by atoms with Gasteiger partial charge < -0.3 is 15.2 Å². The van der Waals surface area contributed by atoms with Crippen LogP contribution in [-0.2, 0) is 22.6 Å². The molecule has 2 aromatic carbocycles. The highest BCUT2D eigenvalue weighted by Gasteiger charge is 2.11. The van der Waals surface area contributed by atoms with E-state index in [0.29, 0.717) is 24.4 Å². The molecule has 0 saturated heterocycles. The molecule has 0 aliphatic carbocycles. The number of carboxylic acids is 1. The average molecular weight is 379 g/mol. The minimum absolute atomic E-state index is 0.00885. The fraction of sp³-hybridized carbons (Fsp3) is 0.190. The number of carboxylic acid groups (broad SMARTS) is 1. The summed E-state index contributed by atoms with van der Waals surface area (Å²) in [4.78, 5) is 23.1. The van der Waals surface area contributed by atoms with Crippen molar-refractivity contribution in [3.63, 3.8) is 0 Å². The highest BCUT2D eigenvalue weighted by atomic mass is 16.5. The predicted octanol–water partition coefficient (Wildman–Crippen LogP) is 2.97. The summed E-state index contributed by atoms with van der Waals surface area (Å²) >= 11 is 0. The summed E-state index contributed by atoms with van der Waals surface area (Å²) in [6.07, 6.45) is 3.87. The minimum Gasteiger partial charge on any atom is -0.483 e. The minimum atomic E-state index is -0.881. The first kappa shape index (κ1) is 19.2. The number of rotatable bonds is 9. The van der Waals surface area contributed by atoms with E-state index in [9.17, 15) is 9.59 Å². The molecule has 144 valence electrons. The van der Waals surface area contributed by atoms with Crippen LogP contribution in [0.1, 0.15) is 17.5 Å². The maximum atomic E-state index is 12.2. The molecule has 0 atom stereocenters. The molecule has 0 aliphatic rings. The number of carbonyl (C=O) groups excluding carboxylic acids is 1. The number of nitrogens with zero attached hydrogens (tertiary/aromatic N) is 2. The summed E-state index contributed by atoms with van der Waals surface area (Å²) < 4.78 is 7.50. The Morgan fingerprint density at radius 1 is 1.11 bits per heavy atom. The Bertz CT molecular complexity index is 924. The van der Waals surface area contributed by atoms with Gasteiger partial charge in [-0.2, -0.15) is 5.10 Å². The van der Waals surface area contributed by atoms with E-state index in [1.54, 1.807) is 23.0 Å². The van der Waals surface area contributed by atoms with Crippen LogP contribution in [0.2, 0.25) is 0 Å². The second kappa shape index (κ2) is 9.36. The van der Waals surface area contributed by atoms with Crippen LogP contribution in [-0.4, -0.2) is 33.4 Å². The zero-order chi connectivity index (χ0) is 19.8. The van der Waals surface area contributed by atoms with E-state index in [0.717, 1.165) is 11.1 Å². The average Bonchev–Trinajstić information content (AvgIpc) is 3.19. The van der Waals surface area contributed by atoms with E-state index >= 15 is 0 Å². The third kappa shape index (κ3) is 5.70. The summed E-state index contributed by atoms with van der Waals surface area (Å²) in [6.45, 7) is 0.388. The fourth-order valence-corrected chi connectivity index (χ4v) is 2.72. The number of aliphatic carboxylic acids is 1. The number of aromatic nitrogens is 2. The number of para-hydroxylation sites is 1. The molecule has 0 radical (unpaired) electrons. The van der Waals surface area contributed by atoms with Gasteiger partial charge in [-0.1, -0.05) is 30.3 Å². The standard InChI is InChI=1S/C21H21N3O4/c25-20(23-18-5-2-1-3-6-18)15-28-19-13-16(14-24-12-4-11-22-24)7-8-17(19)9-10-21(26)27/h1-8,11-13H,9-10,14-15H2,(H,23,25)(H,26,27). The normalized spacial score (nSPS) is 10.4. The van der Waals surface area contributed by atoms with Crippen LogP contribution < -0.4 is 10.1 Å². The van der Waals surface area contributed by atoms with E-state index in [-0.39, 0.29) is 18.9 Å². The molecular weight excluding hydrogens is 358 g/mol. The molecule has 7 nitrogen and oxygen atoms in total. The van der Waals surface area contributed by atoms with Gasteiger partial charge in [0, 0.05) is 24.5 Å². The predicted molar refractivity (Wildman–Crippen MR) is 104 cm³/mol. The number of ether oxygens (including phenoxy) is 1. The lowest BCUT2D eigenvalue weighted by Crippen LogP contribution is -2.20. The quantitative estimate of drug-likeness (QED) is 0.596. The maximum Gasteiger partial charge on any atom is 0.303 e. The number of amides is 1. The van der Waals surface area contributed by atoms with Crippen molar-refractivity contribution in [3.05, 3.63) is 78.1 Å². The Labute approximate surface area is 162 Å². The number of benzene rings is 2. The summed E-state index contributed by atoms with van der Waals surface area (Å²) in [7, 11) is 0. The van der Waals surface area contributed by atoms with E-state index in [4.69, 9.17) is 9.84 Å². The smallest absolute Gasteiger partial charge is 0.303 e. The molecule has 7 heteroatoms. The Morgan fingerprint density at radius 2 is 1.93 bits per heavy atom. The van der Waals surface area contributed by atoms with E-state index in [1.807, 2.05) is 48.7 Å². The summed E-state index contributed by atoms with van der Waals surface area (Å²) in [5.74, 6) is -0.657. The van der Waals surface area contributed by atoms with E-state index in [2.05, 4.69) is 10.4 Å². The Hall–Kier alpha value is -3.61. The van der Waals surface area contributed by atoms with Gasteiger partial charge in [0.1, 0.15) is 5.75 Å². The number of nitrogens with one attached hydrogen (secondary N) is 1. The highest BCUT2D eigenvalue weighted by molar-refractivity contribution is 5.91. The van der Waals surface area contributed by atoms with Gasteiger partial charge in [0.2, 0.25) is 0 Å². The molecule has 0 saturated carbocycles. The first-order valence-corrected chi connectivity index (χ1v) is 8.89. The number of anilines is 1. The molecule has 0 fully saturated rings. The van der Waals surface area contributed by atoms with Gasteiger partial charge in [-0.25, -0.2) is 0 Å². The molecular formula is C21H21N3O4. The molecule has 0 unspecified atom stereocenters. The van der Waals surface area contributed by atoms with Crippen LogP contribution >= 0.6 is 0 Å². The monoisotopic (exact) mass is 379 g/mol. The van der Waals surface area contributed by atoms with E-state index in [1.165, 1.54) is 0 Å². The molecule has 1 heterocycles. The zero-order valence-corrected chi connectivity index (χ0v) is 15.2. The summed E-state index contributed by atoms with van der Waals surface area (Å²) in [5, 5.41) is 15.9. The third-order valence-electron chi connectivity index (χ3n) is 4.06. The van der Waals surface area contributed by atoms with Crippen LogP contribution in [0.3, 0.4) is 0 Å². The van der Waals surface area contributed by atoms with Crippen LogP contribution in [0.5, 0.6) is 5.75 Å². The van der Waals surface area contributed by atoms with Gasteiger partial charge in [0.25, 0.3) is 5.91 Å². The van der Waals surface area contributed by atoms with Gasteiger partial charge in [0.05, 0.1) is 6.54 Å². The first-order valence-electron chi connectivity index (χ1n) is 8.89. The number of hydrogen-bond donors (Lipinski definition) is 2. The Balaban J connectivity index is 1.69. The van der Waals surface area contributed by atoms with Gasteiger partial charge >= 0.3 is 5.97 Å². The molecule has 0 bridgehead atoms. The zero-order valence-electron chi connectivity index (χ0n) is 15.2. The van der Waals surface area contributed by atoms with Crippen molar-refractivity contribution in [1.29, 1.82) is 0 Å². The lowest BCUT2D eigenvalue weighted by atomic mass is 10.1. The van der Waals surface area contributed by atoms with Gasteiger partial charge in [-0.15, -0.1) is 0 Å². The molecule has 1 amide bonds. The molecule has 0 aliphatic heterocycles. The Morgan fingerprint density at radius 3 is 2.64 bits per heavy atom. The van der Waals surface area contributed by atoms with Crippen molar-refractivity contribution in [2.75, 3.05) is 11.9 Å². The van der Waals surface area contributed by atoms with Crippen molar-refractivity contribution < 1.29 is 19.4 Å². The lowest BCUT2D eigenvalue weighted by Gasteiger charge is -2.13. The third-order valence-corrected chi connectivity index (χ3v) is 4.06. The first-order chi connectivity index (χ1) is 13.6. The number of carbonyl (C=O) groups is 2. The second-order valence-electron chi connectivity index (χ2n) is 6.24. The van der Waals surface area contributed by atoms with Crippen molar-refractivity contribution >= 4 is 17.6 Å². The highest BCUT2D eigenvalue weighted by Crippen LogP contribution is 2.23. The van der Waals surface area contributed by atoms with Crippen molar-refractivity contribution in [1.82, 2.24) is 9.78 Å². The van der Waals surface area contributed by atoms with E-state index < -0.39 is 5.97 Å². The van der Waals surface area contributed by atoms with Crippen LogP contribution in [0.4, 0.5) is 5.69 Å². The SMILES string of the molecule is O=C(O)CCc1ccc(Cn2cccn2)cc1OCC(=O)Nc1ccccc1. The van der Waals surface area contributed by atoms with Gasteiger partial charge in [-0.05, 0) is 41.8 Å². The topological polar surface area (TPSA) is 93.4 Å². The van der Waals surface area contributed by atoms with Crippen molar-refractivity contribution in [2.24, 2.45) is 0 Å². The maximum absolute atomic E-state index is 12.2. The largest absolute Gasteiger partial charge is 0.483 e. The number of aryl methyl sites for hydroxylation is 1. The van der Waals surface area contributed by atoms with Crippen LogP contribution in [0, 0.1) is 0 Å². The van der Waals surface area contributed by atoms with Crippen molar-refractivity contribution in [2.45, 2.75) is 19.4 Å². The summed E-state index contributed by atoms with van der Waals surface area (Å²) in [5.41, 5.74) is 2.38. The Kier molecular flexibility index (Phi) is 6.41.